The Hall–Kier alpha value is -2.01. The van der Waals surface area contributed by atoms with Crippen molar-refractivity contribution in [2.24, 2.45) is 0 Å². The molecule has 0 radical (unpaired) electrons. The molecule has 0 atom stereocenters. The molecule has 0 aliphatic carbocycles. The molecule has 2 rings (SSSR count). The first kappa shape index (κ1) is 15.4. The molecular formula is C16H15FO3S. The zero-order chi connectivity index (χ0) is 15.1. The summed E-state index contributed by atoms with van der Waals surface area (Å²) in [5.41, 5.74) is 0.714. The molecular weight excluding hydrogens is 291 g/mol. The lowest BCUT2D eigenvalue weighted by molar-refractivity contribution is -0.136. The van der Waals surface area contributed by atoms with Gasteiger partial charge in [0.2, 0.25) is 0 Å². The SMILES string of the molecule is O=C(O)Cc1cccc(OCCSc2ccc(F)cc2)c1. The van der Waals surface area contributed by atoms with Crippen LogP contribution in [0.2, 0.25) is 0 Å². The van der Waals surface area contributed by atoms with E-state index < -0.39 is 5.97 Å². The summed E-state index contributed by atoms with van der Waals surface area (Å²) in [7, 11) is 0. The molecule has 0 aromatic heterocycles. The van der Waals surface area contributed by atoms with Gasteiger partial charge in [-0.25, -0.2) is 4.39 Å². The van der Waals surface area contributed by atoms with Crippen LogP contribution in [0, 0.1) is 5.82 Å². The maximum absolute atomic E-state index is 12.7. The van der Waals surface area contributed by atoms with E-state index in [0.717, 1.165) is 10.6 Å². The fourth-order valence-corrected chi connectivity index (χ4v) is 2.50. The summed E-state index contributed by atoms with van der Waals surface area (Å²) in [5, 5.41) is 8.75. The fraction of sp³-hybridized carbons (Fsp3) is 0.188. The highest BCUT2D eigenvalue weighted by Crippen LogP contribution is 2.19. The van der Waals surface area contributed by atoms with Crippen molar-refractivity contribution >= 4 is 17.7 Å². The standard InChI is InChI=1S/C16H15FO3S/c17-13-4-6-15(7-5-13)21-9-8-20-14-3-1-2-12(10-14)11-16(18)19/h1-7,10H,8-9,11H2,(H,18,19). The van der Waals surface area contributed by atoms with Crippen LogP contribution in [-0.4, -0.2) is 23.4 Å². The van der Waals surface area contributed by atoms with E-state index in [2.05, 4.69) is 0 Å². The minimum Gasteiger partial charge on any atom is -0.493 e. The fourth-order valence-electron chi connectivity index (χ4n) is 1.77. The van der Waals surface area contributed by atoms with Crippen molar-refractivity contribution < 1.29 is 19.0 Å². The lowest BCUT2D eigenvalue weighted by Crippen LogP contribution is -2.02. The molecule has 0 bridgehead atoms. The maximum Gasteiger partial charge on any atom is 0.307 e. The summed E-state index contributed by atoms with van der Waals surface area (Å²) in [5.74, 6) is 0.285. The normalized spacial score (nSPS) is 10.3. The number of aliphatic carboxylic acids is 1. The molecule has 0 fully saturated rings. The number of carbonyl (C=O) groups is 1. The molecule has 2 aromatic carbocycles. The topological polar surface area (TPSA) is 46.5 Å². The third-order valence-corrected chi connectivity index (χ3v) is 3.66. The molecule has 1 N–H and O–H groups in total. The Bertz CT molecular complexity index is 599. The summed E-state index contributed by atoms with van der Waals surface area (Å²) in [4.78, 5) is 11.6. The average molecular weight is 306 g/mol. The van der Waals surface area contributed by atoms with Crippen molar-refractivity contribution in [2.75, 3.05) is 12.4 Å². The average Bonchev–Trinajstić information content (AvgIpc) is 2.45. The number of carboxylic acids is 1. The minimum absolute atomic E-state index is 0.0124. The van der Waals surface area contributed by atoms with Gasteiger partial charge in [0.25, 0.3) is 0 Å². The number of carboxylic acid groups (broad SMARTS) is 1. The highest BCUT2D eigenvalue weighted by Gasteiger charge is 2.02. The number of thioether (sulfide) groups is 1. The van der Waals surface area contributed by atoms with Crippen LogP contribution in [-0.2, 0) is 11.2 Å². The molecule has 0 heterocycles. The van der Waals surface area contributed by atoms with E-state index in [4.69, 9.17) is 9.84 Å². The summed E-state index contributed by atoms with van der Waals surface area (Å²) in [6.07, 6.45) is -0.0124. The molecule has 0 saturated heterocycles. The third-order valence-electron chi connectivity index (χ3n) is 2.69. The van der Waals surface area contributed by atoms with Crippen LogP contribution in [0.3, 0.4) is 0 Å². The Morgan fingerprint density at radius 2 is 1.95 bits per heavy atom. The number of rotatable bonds is 7. The molecule has 21 heavy (non-hydrogen) atoms. The van der Waals surface area contributed by atoms with Crippen LogP contribution in [0.5, 0.6) is 5.75 Å². The molecule has 2 aromatic rings. The molecule has 0 saturated carbocycles. The lowest BCUT2D eigenvalue weighted by atomic mass is 10.1. The van der Waals surface area contributed by atoms with Crippen molar-refractivity contribution in [3.63, 3.8) is 0 Å². The number of hydrogen-bond donors (Lipinski definition) is 1. The Kier molecular flexibility index (Phi) is 5.63. The van der Waals surface area contributed by atoms with Gasteiger partial charge in [0.05, 0.1) is 13.0 Å². The van der Waals surface area contributed by atoms with E-state index >= 15 is 0 Å². The van der Waals surface area contributed by atoms with Gasteiger partial charge in [0, 0.05) is 10.6 Å². The molecule has 110 valence electrons. The van der Waals surface area contributed by atoms with Crippen molar-refractivity contribution in [3.8, 4) is 5.75 Å². The first-order valence-corrected chi connectivity index (χ1v) is 7.44. The monoisotopic (exact) mass is 306 g/mol. The smallest absolute Gasteiger partial charge is 0.307 e. The zero-order valence-electron chi connectivity index (χ0n) is 11.3. The highest BCUT2D eigenvalue weighted by molar-refractivity contribution is 7.99. The van der Waals surface area contributed by atoms with E-state index in [-0.39, 0.29) is 12.2 Å². The van der Waals surface area contributed by atoms with E-state index in [1.165, 1.54) is 12.1 Å². The molecule has 3 nitrogen and oxygen atoms in total. The van der Waals surface area contributed by atoms with E-state index in [1.807, 2.05) is 0 Å². The number of hydrogen-bond acceptors (Lipinski definition) is 3. The van der Waals surface area contributed by atoms with Crippen LogP contribution >= 0.6 is 11.8 Å². The second kappa shape index (κ2) is 7.69. The van der Waals surface area contributed by atoms with E-state index in [9.17, 15) is 9.18 Å². The second-order valence-corrected chi connectivity index (χ2v) is 5.54. The predicted octanol–water partition coefficient (Wildman–Crippen LogP) is 3.62. The van der Waals surface area contributed by atoms with Crippen LogP contribution in [0.15, 0.2) is 53.4 Å². The molecule has 0 amide bonds. The summed E-state index contributed by atoms with van der Waals surface area (Å²) in [6.45, 7) is 0.499. The van der Waals surface area contributed by atoms with Crippen LogP contribution in [0.4, 0.5) is 4.39 Å². The zero-order valence-corrected chi connectivity index (χ0v) is 12.1. The number of ether oxygens (including phenoxy) is 1. The van der Waals surface area contributed by atoms with Crippen molar-refractivity contribution in [1.29, 1.82) is 0 Å². The Morgan fingerprint density at radius 1 is 1.19 bits per heavy atom. The van der Waals surface area contributed by atoms with Crippen molar-refractivity contribution in [2.45, 2.75) is 11.3 Å². The number of halogens is 1. The van der Waals surface area contributed by atoms with Gasteiger partial charge in [-0.3, -0.25) is 4.79 Å². The van der Waals surface area contributed by atoms with Gasteiger partial charge in [0.15, 0.2) is 0 Å². The van der Waals surface area contributed by atoms with Gasteiger partial charge in [-0.05, 0) is 42.0 Å². The van der Waals surface area contributed by atoms with Gasteiger partial charge in [-0.2, -0.15) is 0 Å². The number of benzene rings is 2. The van der Waals surface area contributed by atoms with Gasteiger partial charge < -0.3 is 9.84 Å². The van der Waals surface area contributed by atoms with Gasteiger partial charge in [-0.15, -0.1) is 11.8 Å². The summed E-state index contributed by atoms with van der Waals surface area (Å²) in [6, 6.07) is 13.4. The second-order valence-electron chi connectivity index (χ2n) is 4.37. The maximum atomic E-state index is 12.7. The Morgan fingerprint density at radius 3 is 2.67 bits per heavy atom. The lowest BCUT2D eigenvalue weighted by Gasteiger charge is -2.07. The van der Waals surface area contributed by atoms with Crippen molar-refractivity contribution in [3.05, 3.63) is 59.9 Å². The van der Waals surface area contributed by atoms with Crippen molar-refractivity contribution in [1.82, 2.24) is 0 Å². The third kappa shape index (κ3) is 5.47. The van der Waals surface area contributed by atoms with E-state index in [0.29, 0.717) is 17.9 Å². The largest absolute Gasteiger partial charge is 0.493 e. The molecule has 0 aliphatic rings. The van der Waals surface area contributed by atoms with E-state index in [1.54, 1.807) is 48.2 Å². The highest BCUT2D eigenvalue weighted by atomic mass is 32.2. The van der Waals surface area contributed by atoms with Gasteiger partial charge in [-0.1, -0.05) is 12.1 Å². The quantitative estimate of drug-likeness (QED) is 0.627. The molecule has 0 aliphatic heterocycles. The predicted molar refractivity (Wildman–Crippen MR) is 80.4 cm³/mol. The van der Waals surface area contributed by atoms with Crippen LogP contribution < -0.4 is 4.74 Å². The van der Waals surface area contributed by atoms with Gasteiger partial charge >= 0.3 is 5.97 Å². The van der Waals surface area contributed by atoms with Gasteiger partial charge in [0.1, 0.15) is 11.6 Å². The molecule has 5 heteroatoms. The first-order valence-electron chi connectivity index (χ1n) is 6.45. The van der Waals surface area contributed by atoms with Crippen LogP contribution in [0.1, 0.15) is 5.56 Å². The summed E-state index contributed by atoms with van der Waals surface area (Å²) >= 11 is 1.58. The van der Waals surface area contributed by atoms with Crippen LogP contribution in [0.25, 0.3) is 0 Å². The Labute approximate surface area is 126 Å². The molecule has 0 unspecified atom stereocenters. The Balaban J connectivity index is 1.78. The minimum atomic E-state index is -0.862. The molecule has 0 spiro atoms. The first-order chi connectivity index (χ1) is 10.1. The summed E-state index contributed by atoms with van der Waals surface area (Å²) < 4.78 is 18.3.